The Morgan fingerprint density at radius 3 is 2.93 bits per heavy atom. The summed E-state index contributed by atoms with van der Waals surface area (Å²) in [6.45, 7) is 1.19. The molecule has 2 aromatic rings. The third-order valence-corrected chi connectivity index (χ3v) is 6.27. The van der Waals surface area contributed by atoms with Gasteiger partial charge < -0.3 is 9.80 Å². The number of carbonyl (C=O) groups excluding carboxylic acids is 2. The van der Waals surface area contributed by atoms with E-state index in [1.165, 1.54) is 36.2 Å². The van der Waals surface area contributed by atoms with Crippen LogP contribution in [0.3, 0.4) is 0 Å². The van der Waals surface area contributed by atoms with E-state index in [-0.39, 0.29) is 23.5 Å². The Morgan fingerprint density at radius 1 is 1.27 bits per heavy atom. The highest BCUT2D eigenvalue weighted by atomic mass is 19.1. The van der Waals surface area contributed by atoms with Gasteiger partial charge in [-0.25, -0.2) is 4.39 Å². The second-order valence-electron chi connectivity index (χ2n) is 8.52. The Hall–Kier alpha value is -2.70. The second-order valence-corrected chi connectivity index (χ2v) is 8.52. The van der Waals surface area contributed by atoms with Crippen LogP contribution in [0.25, 0.3) is 0 Å². The molecule has 0 saturated carbocycles. The number of piperidine rings is 1. The first-order chi connectivity index (χ1) is 14.5. The van der Waals surface area contributed by atoms with Crippen molar-refractivity contribution in [1.82, 2.24) is 20.0 Å². The molecular formula is C23H29FN4O2. The van der Waals surface area contributed by atoms with Crippen LogP contribution < -0.4 is 0 Å². The number of amides is 2. The molecular weight excluding hydrogens is 383 g/mol. The molecule has 1 aliphatic carbocycles. The number of nitrogens with zero attached hydrogens (tertiary/aromatic N) is 3. The van der Waals surface area contributed by atoms with Gasteiger partial charge in [0, 0.05) is 32.3 Å². The normalized spacial score (nSPS) is 19.3. The molecule has 1 aliphatic heterocycles. The number of halogens is 1. The summed E-state index contributed by atoms with van der Waals surface area (Å²) in [5.74, 6) is -0.498. The molecule has 30 heavy (non-hydrogen) atoms. The van der Waals surface area contributed by atoms with Gasteiger partial charge in [0.25, 0.3) is 0 Å². The largest absolute Gasteiger partial charge is 0.339 e. The number of likely N-dealkylation sites (tertiary alicyclic amines) is 1. The first-order valence-electron chi connectivity index (χ1n) is 10.8. The minimum Gasteiger partial charge on any atom is -0.339 e. The summed E-state index contributed by atoms with van der Waals surface area (Å²) in [7, 11) is 1.81. The minimum atomic E-state index is -0.317. The van der Waals surface area contributed by atoms with E-state index in [9.17, 15) is 14.0 Å². The van der Waals surface area contributed by atoms with Crippen molar-refractivity contribution in [2.75, 3.05) is 13.6 Å². The number of H-pyrrole nitrogens is 1. The predicted octanol–water partition coefficient (Wildman–Crippen LogP) is 3.21. The highest BCUT2D eigenvalue weighted by molar-refractivity contribution is 5.83. The molecule has 160 valence electrons. The van der Waals surface area contributed by atoms with E-state index in [2.05, 4.69) is 10.2 Å². The van der Waals surface area contributed by atoms with Crippen molar-refractivity contribution in [2.24, 2.45) is 5.92 Å². The molecule has 0 spiro atoms. The van der Waals surface area contributed by atoms with Crippen molar-refractivity contribution in [2.45, 2.75) is 58.0 Å². The lowest BCUT2D eigenvalue weighted by molar-refractivity contribution is -0.143. The Kier molecular flexibility index (Phi) is 6.16. The highest BCUT2D eigenvalue weighted by Gasteiger charge is 2.32. The van der Waals surface area contributed by atoms with Crippen molar-refractivity contribution in [3.8, 4) is 0 Å². The number of aryl methyl sites for hydroxylation is 1. The van der Waals surface area contributed by atoms with Crippen LogP contribution in [-0.2, 0) is 35.5 Å². The van der Waals surface area contributed by atoms with Crippen LogP contribution in [0, 0.1) is 11.7 Å². The monoisotopic (exact) mass is 412 g/mol. The van der Waals surface area contributed by atoms with Gasteiger partial charge in [0.05, 0.1) is 18.2 Å². The van der Waals surface area contributed by atoms with Gasteiger partial charge in [0.2, 0.25) is 11.8 Å². The van der Waals surface area contributed by atoms with Crippen LogP contribution in [0.1, 0.15) is 54.6 Å². The van der Waals surface area contributed by atoms with Gasteiger partial charge in [0.15, 0.2) is 0 Å². The number of hydrogen-bond donors (Lipinski definition) is 1. The molecule has 2 aliphatic rings. The van der Waals surface area contributed by atoms with E-state index >= 15 is 0 Å². The third-order valence-electron chi connectivity index (χ3n) is 6.27. The van der Waals surface area contributed by atoms with Gasteiger partial charge in [-0.15, -0.1) is 0 Å². The van der Waals surface area contributed by atoms with Crippen LogP contribution in [-0.4, -0.2) is 45.4 Å². The summed E-state index contributed by atoms with van der Waals surface area (Å²) >= 11 is 0. The van der Waals surface area contributed by atoms with E-state index in [1.807, 2.05) is 7.05 Å². The third kappa shape index (κ3) is 4.55. The zero-order chi connectivity index (χ0) is 21.1. The fourth-order valence-electron chi connectivity index (χ4n) is 4.60. The quantitative estimate of drug-likeness (QED) is 0.767. The molecule has 6 nitrogen and oxygen atoms in total. The van der Waals surface area contributed by atoms with Crippen molar-refractivity contribution >= 4 is 11.8 Å². The molecule has 2 heterocycles. The fourth-order valence-corrected chi connectivity index (χ4v) is 4.60. The molecule has 7 heteroatoms. The van der Waals surface area contributed by atoms with Gasteiger partial charge in [-0.1, -0.05) is 18.6 Å². The highest BCUT2D eigenvalue weighted by Crippen LogP contribution is 2.25. The molecule has 1 N–H and O–H groups in total. The number of hydrogen-bond acceptors (Lipinski definition) is 3. The van der Waals surface area contributed by atoms with E-state index in [0.29, 0.717) is 32.5 Å². The maximum Gasteiger partial charge on any atom is 0.227 e. The van der Waals surface area contributed by atoms with Crippen molar-refractivity contribution in [3.05, 3.63) is 52.6 Å². The Bertz CT molecular complexity index is 926. The van der Waals surface area contributed by atoms with Gasteiger partial charge in [-0.2, -0.15) is 5.10 Å². The smallest absolute Gasteiger partial charge is 0.227 e. The number of benzene rings is 1. The number of fused-ring (bicyclic) bond motifs is 1. The van der Waals surface area contributed by atoms with Gasteiger partial charge in [-0.3, -0.25) is 14.7 Å². The predicted molar refractivity (Wildman–Crippen MR) is 111 cm³/mol. The van der Waals surface area contributed by atoms with Crippen molar-refractivity contribution < 1.29 is 14.0 Å². The molecule has 1 aromatic carbocycles. The van der Waals surface area contributed by atoms with Crippen molar-refractivity contribution in [1.29, 1.82) is 0 Å². The van der Waals surface area contributed by atoms with Gasteiger partial charge in [-0.05, 0) is 55.4 Å². The summed E-state index contributed by atoms with van der Waals surface area (Å²) in [6.07, 6.45) is 6.52. The summed E-state index contributed by atoms with van der Waals surface area (Å²) in [5.41, 5.74) is 4.20. The summed E-state index contributed by atoms with van der Waals surface area (Å²) < 4.78 is 13.5. The molecule has 0 unspecified atom stereocenters. The van der Waals surface area contributed by atoms with E-state index in [1.54, 1.807) is 21.9 Å². The van der Waals surface area contributed by atoms with Crippen LogP contribution in [0.2, 0.25) is 0 Å². The topological polar surface area (TPSA) is 69.3 Å². The van der Waals surface area contributed by atoms with Crippen LogP contribution in [0.4, 0.5) is 4.39 Å². The van der Waals surface area contributed by atoms with Crippen LogP contribution >= 0.6 is 0 Å². The second kappa shape index (κ2) is 8.98. The first kappa shape index (κ1) is 20.6. The molecule has 0 radical (unpaired) electrons. The summed E-state index contributed by atoms with van der Waals surface area (Å²) in [4.78, 5) is 28.9. The van der Waals surface area contributed by atoms with E-state index in [0.717, 1.165) is 30.5 Å². The zero-order valence-electron chi connectivity index (χ0n) is 17.5. The molecule has 2 amide bonds. The zero-order valence-corrected chi connectivity index (χ0v) is 17.5. The number of rotatable bonds is 5. The first-order valence-corrected chi connectivity index (χ1v) is 10.8. The Labute approximate surface area is 176 Å². The maximum atomic E-state index is 13.5. The molecule has 1 aromatic heterocycles. The average Bonchev–Trinajstić information content (AvgIpc) is 2.95. The molecule has 1 saturated heterocycles. The average molecular weight is 413 g/mol. The number of aromatic nitrogens is 2. The van der Waals surface area contributed by atoms with Crippen molar-refractivity contribution in [3.63, 3.8) is 0 Å². The molecule has 0 bridgehead atoms. The lowest BCUT2D eigenvalue weighted by Crippen LogP contribution is -2.45. The number of nitrogens with one attached hydrogen (secondary N) is 1. The maximum absolute atomic E-state index is 13.5. The Morgan fingerprint density at radius 2 is 2.10 bits per heavy atom. The van der Waals surface area contributed by atoms with Crippen LogP contribution in [0.5, 0.6) is 0 Å². The van der Waals surface area contributed by atoms with Crippen LogP contribution in [0.15, 0.2) is 24.3 Å². The van der Waals surface area contributed by atoms with E-state index < -0.39 is 0 Å². The fraction of sp³-hybridized carbons (Fsp3) is 0.522. The molecule has 4 rings (SSSR count). The molecule has 1 fully saturated rings. The summed E-state index contributed by atoms with van der Waals surface area (Å²) in [5, 5.41) is 7.64. The van der Waals surface area contributed by atoms with Gasteiger partial charge in [0.1, 0.15) is 5.82 Å². The van der Waals surface area contributed by atoms with E-state index in [4.69, 9.17) is 0 Å². The lowest BCUT2D eigenvalue weighted by Gasteiger charge is -2.34. The lowest BCUT2D eigenvalue weighted by atomic mass is 9.95. The minimum absolute atomic E-state index is 0.0172. The van der Waals surface area contributed by atoms with Gasteiger partial charge >= 0.3 is 0 Å². The number of carbonyl (C=O) groups is 2. The Balaban J connectivity index is 1.40. The standard InChI is InChI=1S/C23H29FN4O2/c1-27(15-21-19-8-3-2-4-9-20(19)25-26-21)23(30)17-10-11-22(29)28(14-17)13-16-6-5-7-18(24)12-16/h5-7,12,17H,2-4,8-11,13-15H2,1H3,(H,25,26)/t17-/m0/s1. The number of aromatic amines is 1. The SMILES string of the molecule is CN(Cc1n[nH]c2c1CCCCC2)C(=O)[C@H]1CCC(=O)N(Cc2cccc(F)c2)C1. The molecule has 1 atom stereocenters. The summed E-state index contributed by atoms with van der Waals surface area (Å²) in [6, 6.07) is 6.27.